The largest absolute Gasteiger partial charge is 0.396 e. The molecule has 0 bridgehead atoms. The Morgan fingerprint density at radius 1 is 1.20 bits per heavy atom. The van der Waals surface area contributed by atoms with Crippen molar-refractivity contribution in [2.24, 2.45) is 17.6 Å². The van der Waals surface area contributed by atoms with Gasteiger partial charge in [0, 0.05) is 12.0 Å². The number of nitrogens with two attached hydrogens (primary N) is 1. The third-order valence-corrected chi connectivity index (χ3v) is 3.41. The molecule has 0 aromatic carbocycles. The third-order valence-electron chi connectivity index (χ3n) is 3.41. The summed E-state index contributed by atoms with van der Waals surface area (Å²) < 4.78 is 4.90. The zero-order chi connectivity index (χ0) is 15.7. The molecule has 5 atom stereocenters. The van der Waals surface area contributed by atoms with E-state index < -0.39 is 18.5 Å². The molecule has 1 aliphatic rings. The van der Waals surface area contributed by atoms with Crippen LogP contribution in [0.15, 0.2) is 0 Å². The Labute approximate surface area is 120 Å². The summed E-state index contributed by atoms with van der Waals surface area (Å²) in [6.07, 6.45) is -0.271. The molecule has 7 heteroatoms. The van der Waals surface area contributed by atoms with Crippen molar-refractivity contribution >= 4 is 0 Å². The van der Waals surface area contributed by atoms with Crippen LogP contribution in [-0.4, -0.2) is 69.9 Å². The average molecular weight is 295 g/mol. The fraction of sp³-hybridized carbons (Fsp3) is 1.00. The number of aliphatic hydroxyl groups excluding tert-OH is 5. The number of ether oxygens (including phenoxy) is 1. The van der Waals surface area contributed by atoms with Crippen LogP contribution in [-0.2, 0) is 4.74 Å². The van der Waals surface area contributed by atoms with Gasteiger partial charge in [0.1, 0.15) is 0 Å². The molecule has 7 N–H and O–H groups in total. The summed E-state index contributed by atoms with van der Waals surface area (Å²) in [6, 6.07) is -0.0684. The minimum Gasteiger partial charge on any atom is -0.396 e. The first-order valence-corrected chi connectivity index (χ1v) is 7.02. The molecule has 0 amide bonds. The van der Waals surface area contributed by atoms with Crippen LogP contribution in [0.1, 0.15) is 26.7 Å². The van der Waals surface area contributed by atoms with Crippen LogP contribution in [0.3, 0.4) is 0 Å². The van der Waals surface area contributed by atoms with Crippen LogP contribution in [0.25, 0.3) is 0 Å². The van der Waals surface area contributed by atoms with E-state index in [0.29, 0.717) is 12.5 Å². The summed E-state index contributed by atoms with van der Waals surface area (Å²) in [5, 5.41) is 42.6. The Hall–Kier alpha value is -0.280. The number of hydrogen-bond donors (Lipinski definition) is 6. The molecule has 1 saturated carbocycles. The molecule has 7 nitrogen and oxygen atoms in total. The lowest BCUT2D eigenvalue weighted by molar-refractivity contribution is -0.129. The van der Waals surface area contributed by atoms with Gasteiger partial charge in [0.15, 0.2) is 6.29 Å². The Morgan fingerprint density at radius 3 is 2.05 bits per heavy atom. The summed E-state index contributed by atoms with van der Waals surface area (Å²) >= 11 is 0. The number of hydrogen-bond acceptors (Lipinski definition) is 7. The maximum absolute atomic E-state index is 8.89. The lowest BCUT2D eigenvalue weighted by Gasteiger charge is -2.20. The highest BCUT2D eigenvalue weighted by atomic mass is 16.6. The van der Waals surface area contributed by atoms with Crippen LogP contribution in [0.4, 0.5) is 0 Å². The van der Waals surface area contributed by atoms with Crippen LogP contribution in [0, 0.1) is 11.8 Å². The lowest BCUT2D eigenvalue weighted by atomic mass is 9.98. The van der Waals surface area contributed by atoms with E-state index in [1.54, 1.807) is 0 Å². The summed E-state index contributed by atoms with van der Waals surface area (Å²) in [4.78, 5) is 0. The molecule has 0 heterocycles. The van der Waals surface area contributed by atoms with E-state index >= 15 is 0 Å². The molecule has 1 aliphatic carbocycles. The van der Waals surface area contributed by atoms with E-state index in [1.165, 1.54) is 0 Å². The fourth-order valence-electron chi connectivity index (χ4n) is 1.66. The van der Waals surface area contributed by atoms with E-state index in [-0.39, 0.29) is 25.2 Å². The first-order chi connectivity index (χ1) is 9.38. The average Bonchev–Trinajstić information content (AvgIpc) is 3.02. The van der Waals surface area contributed by atoms with Gasteiger partial charge < -0.3 is 36.0 Å². The SMILES string of the molecule is CCCC(C)[C@@H](N)COC(O)CO.OCC1C(O)C1O. The van der Waals surface area contributed by atoms with Gasteiger partial charge in [-0.2, -0.15) is 0 Å². The Kier molecular flexibility index (Phi) is 10.3. The van der Waals surface area contributed by atoms with Gasteiger partial charge >= 0.3 is 0 Å². The second kappa shape index (κ2) is 10.4. The molecule has 0 spiro atoms. The molecule has 20 heavy (non-hydrogen) atoms. The van der Waals surface area contributed by atoms with Gasteiger partial charge in [-0.05, 0) is 12.3 Å². The molecule has 122 valence electrons. The molecular weight excluding hydrogens is 266 g/mol. The lowest BCUT2D eigenvalue weighted by Crippen LogP contribution is -2.35. The molecule has 4 unspecified atom stereocenters. The number of aliphatic hydroxyl groups is 5. The van der Waals surface area contributed by atoms with Crippen molar-refractivity contribution in [2.45, 2.75) is 51.2 Å². The van der Waals surface area contributed by atoms with Crippen molar-refractivity contribution in [3.8, 4) is 0 Å². The smallest absolute Gasteiger partial charge is 0.177 e. The van der Waals surface area contributed by atoms with Gasteiger partial charge in [-0.15, -0.1) is 0 Å². The molecule has 0 aromatic rings. The molecule has 1 fully saturated rings. The number of rotatable bonds is 8. The van der Waals surface area contributed by atoms with E-state index in [0.717, 1.165) is 12.8 Å². The zero-order valence-electron chi connectivity index (χ0n) is 12.2. The third kappa shape index (κ3) is 7.49. The van der Waals surface area contributed by atoms with Gasteiger partial charge in [0.2, 0.25) is 0 Å². The first kappa shape index (κ1) is 19.7. The van der Waals surface area contributed by atoms with Crippen molar-refractivity contribution in [1.29, 1.82) is 0 Å². The summed E-state index contributed by atoms with van der Waals surface area (Å²) in [7, 11) is 0. The molecule has 0 aliphatic heterocycles. The minimum atomic E-state index is -1.10. The monoisotopic (exact) mass is 295 g/mol. The molecule has 0 aromatic heterocycles. The molecular formula is C13H29NO6. The highest BCUT2D eigenvalue weighted by molar-refractivity contribution is 4.96. The predicted molar refractivity (Wildman–Crippen MR) is 73.7 cm³/mol. The molecule has 0 saturated heterocycles. The predicted octanol–water partition coefficient (Wildman–Crippen LogP) is -1.59. The molecule has 1 rings (SSSR count). The van der Waals surface area contributed by atoms with Gasteiger partial charge in [0.05, 0.1) is 32.0 Å². The van der Waals surface area contributed by atoms with Crippen molar-refractivity contribution in [2.75, 3.05) is 19.8 Å². The maximum Gasteiger partial charge on any atom is 0.177 e. The van der Waals surface area contributed by atoms with Gasteiger partial charge in [-0.1, -0.05) is 20.3 Å². The Bertz CT molecular complexity index is 235. The standard InChI is InChI=1S/C9H21NO3.C4H8O3/c1-3-4-7(2)8(10)6-13-9(12)5-11;5-1-2-3(6)4(2)7/h7-9,11-12H,3-6,10H2,1-2H3;2-7H,1H2/t7?,8-,9?;/m0./s1. The van der Waals surface area contributed by atoms with E-state index in [2.05, 4.69) is 13.8 Å². The maximum atomic E-state index is 8.89. The highest BCUT2D eigenvalue weighted by Gasteiger charge is 2.47. The van der Waals surface area contributed by atoms with Crippen molar-refractivity contribution < 1.29 is 30.3 Å². The minimum absolute atomic E-state index is 0.0684. The summed E-state index contributed by atoms with van der Waals surface area (Å²) in [6.45, 7) is 3.97. The molecule has 0 radical (unpaired) electrons. The van der Waals surface area contributed by atoms with Gasteiger partial charge in [0.25, 0.3) is 0 Å². The van der Waals surface area contributed by atoms with Crippen LogP contribution in [0.5, 0.6) is 0 Å². The van der Waals surface area contributed by atoms with Crippen molar-refractivity contribution in [3.05, 3.63) is 0 Å². The van der Waals surface area contributed by atoms with Crippen molar-refractivity contribution in [3.63, 3.8) is 0 Å². The second-order valence-corrected chi connectivity index (χ2v) is 5.23. The summed E-state index contributed by atoms with van der Waals surface area (Å²) in [5.41, 5.74) is 5.79. The quantitative estimate of drug-likeness (QED) is 0.297. The zero-order valence-corrected chi connectivity index (χ0v) is 12.2. The van der Waals surface area contributed by atoms with E-state index in [1.807, 2.05) is 0 Å². The normalized spacial score (nSPS) is 29.1. The van der Waals surface area contributed by atoms with Crippen LogP contribution in [0.2, 0.25) is 0 Å². The van der Waals surface area contributed by atoms with Crippen LogP contribution >= 0.6 is 0 Å². The van der Waals surface area contributed by atoms with Crippen molar-refractivity contribution in [1.82, 2.24) is 0 Å². The van der Waals surface area contributed by atoms with Crippen LogP contribution < -0.4 is 5.73 Å². The Morgan fingerprint density at radius 2 is 1.75 bits per heavy atom. The van der Waals surface area contributed by atoms with Gasteiger partial charge in [-0.25, -0.2) is 0 Å². The van der Waals surface area contributed by atoms with E-state index in [4.69, 9.17) is 36.0 Å². The Balaban J connectivity index is 0.000000428. The second-order valence-electron chi connectivity index (χ2n) is 5.23. The van der Waals surface area contributed by atoms with Gasteiger partial charge in [-0.3, -0.25) is 0 Å². The fourth-order valence-corrected chi connectivity index (χ4v) is 1.66. The highest BCUT2D eigenvalue weighted by Crippen LogP contribution is 2.29. The summed E-state index contributed by atoms with van der Waals surface area (Å²) in [5.74, 6) is 0.121. The first-order valence-electron chi connectivity index (χ1n) is 7.02. The topological polar surface area (TPSA) is 136 Å². The van der Waals surface area contributed by atoms with E-state index in [9.17, 15) is 0 Å².